The highest BCUT2D eigenvalue weighted by Gasteiger charge is 2.19. The van der Waals surface area contributed by atoms with Crippen molar-refractivity contribution in [2.24, 2.45) is 10.2 Å². The molecular formula is C11H13BrN2O2. The fourth-order valence-electron chi connectivity index (χ4n) is 1.06. The minimum Gasteiger partial charge on any atom is -0.436 e. The quantitative estimate of drug-likeness (QED) is 0.626. The molecule has 0 aromatic heterocycles. The van der Waals surface area contributed by atoms with Crippen LogP contribution in [0, 0.1) is 0 Å². The van der Waals surface area contributed by atoms with Crippen LogP contribution >= 0.6 is 15.9 Å². The molecule has 0 unspecified atom stereocenters. The second-order valence-electron chi connectivity index (χ2n) is 3.72. The monoisotopic (exact) mass is 284 g/mol. The van der Waals surface area contributed by atoms with E-state index >= 15 is 0 Å². The van der Waals surface area contributed by atoms with Gasteiger partial charge in [-0.1, -0.05) is 15.9 Å². The minimum atomic E-state index is -0.932. The van der Waals surface area contributed by atoms with E-state index in [0.717, 1.165) is 4.47 Å². The summed E-state index contributed by atoms with van der Waals surface area (Å²) in [5.41, 5.74) is -0.220. The molecule has 0 fully saturated rings. The maximum atomic E-state index is 10.8. The number of esters is 1. The maximum Gasteiger partial charge on any atom is 0.304 e. The third kappa shape index (κ3) is 4.53. The topological polar surface area (TPSA) is 51.0 Å². The van der Waals surface area contributed by atoms with Crippen molar-refractivity contribution in [1.29, 1.82) is 0 Å². The van der Waals surface area contributed by atoms with E-state index in [9.17, 15) is 4.79 Å². The van der Waals surface area contributed by atoms with Crippen LogP contribution in [-0.4, -0.2) is 11.7 Å². The molecule has 1 aromatic carbocycles. The second kappa shape index (κ2) is 5.21. The van der Waals surface area contributed by atoms with Crippen molar-refractivity contribution in [3.63, 3.8) is 0 Å². The second-order valence-corrected chi connectivity index (χ2v) is 4.63. The van der Waals surface area contributed by atoms with Crippen molar-refractivity contribution in [1.82, 2.24) is 0 Å². The van der Waals surface area contributed by atoms with Crippen LogP contribution in [0.25, 0.3) is 0 Å². The highest BCUT2D eigenvalue weighted by atomic mass is 79.9. The Hall–Kier alpha value is -1.23. The van der Waals surface area contributed by atoms with E-state index in [2.05, 4.69) is 26.2 Å². The SMILES string of the molecule is CC(=O)OC(C)(C)N=Nc1ccc(Br)cc1. The van der Waals surface area contributed by atoms with E-state index in [4.69, 9.17) is 4.74 Å². The van der Waals surface area contributed by atoms with Crippen molar-refractivity contribution in [3.05, 3.63) is 28.7 Å². The van der Waals surface area contributed by atoms with Crippen LogP contribution in [0.3, 0.4) is 0 Å². The van der Waals surface area contributed by atoms with Gasteiger partial charge in [-0.25, -0.2) is 0 Å². The Labute approximate surface area is 103 Å². The van der Waals surface area contributed by atoms with E-state index in [0.29, 0.717) is 5.69 Å². The van der Waals surface area contributed by atoms with Gasteiger partial charge in [-0.15, -0.1) is 5.11 Å². The maximum absolute atomic E-state index is 10.8. The van der Waals surface area contributed by atoms with E-state index < -0.39 is 5.72 Å². The molecule has 0 aliphatic heterocycles. The Morgan fingerprint density at radius 2 is 1.88 bits per heavy atom. The van der Waals surface area contributed by atoms with Crippen molar-refractivity contribution in [2.75, 3.05) is 0 Å². The normalized spacial score (nSPS) is 11.8. The molecular weight excluding hydrogens is 272 g/mol. The molecule has 0 atom stereocenters. The molecule has 16 heavy (non-hydrogen) atoms. The summed E-state index contributed by atoms with van der Waals surface area (Å²) in [4.78, 5) is 10.8. The van der Waals surface area contributed by atoms with Gasteiger partial charge in [-0.05, 0) is 38.1 Å². The number of azo groups is 1. The Bertz CT molecular complexity index is 399. The highest BCUT2D eigenvalue weighted by Crippen LogP contribution is 2.20. The molecule has 0 N–H and O–H groups in total. The molecule has 4 nitrogen and oxygen atoms in total. The Morgan fingerprint density at radius 1 is 1.31 bits per heavy atom. The van der Waals surface area contributed by atoms with Crippen molar-refractivity contribution in [2.45, 2.75) is 26.5 Å². The number of hydrogen-bond donors (Lipinski definition) is 0. The average Bonchev–Trinajstić information content (AvgIpc) is 2.15. The van der Waals surface area contributed by atoms with Gasteiger partial charge in [0.05, 0.1) is 5.69 Å². The van der Waals surface area contributed by atoms with E-state index in [-0.39, 0.29) is 5.97 Å². The van der Waals surface area contributed by atoms with Crippen LogP contribution in [0.4, 0.5) is 5.69 Å². The average molecular weight is 285 g/mol. The molecule has 0 aliphatic carbocycles. The fraction of sp³-hybridized carbons (Fsp3) is 0.364. The lowest BCUT2D eigenvalue weighted by Crippen LogP contribution is -2.23. The van der Waals surface area contributed by atoms with E-state index in [1.165, 1.54) is 6.92 Å². The number of hydrogen-bond acceptors (Lipinski definition) is 4. The molecule has 0 amide bonds. The molecule has 1 aromatic rings. The third-order valence-corrected chi connectivity index (χ3v) is 2.16. The zero-order chi connectivity index (χ0) is 12.2. The Morgan fingerprint density at radius 3 is 2.38 bits per heavy atom. The van der Waals surface area contributed by atoms with Crippen molar-refractivity contribution >= 4 is 27.6 Å². The lowest BCUT2D eigenvalue weighted by Gasteiger charge is -2.17. The summed E-state index contributed by atoms with van der Waals surface area (Å²) in [6.07, 6.45) is 0. The summed E-state index contributed by atoms with van der Waals surface area (Å²) in [5, 5.41) is 7.96. The summed E-state index contributed by atoms with van der Waals surface area (Å²) >= 11 is 3.33. The van der Waals surface area contributed by atoms with Crippen LogP contribution < -0.4 is 0 Å². The lowest BCUT2D eigenvalue weighted by atomic mass is 10.3. The summed E-state index contributed by atoms with van der Waals surface area (Å²) in [7, 11) is 0. The number of rotatable bonds is 3. The molecule has 0 bridgehead atoms. The van der Waals surface area contributed by atoms with Crippen molar-refractivity contribution < 1.29 is 9.53 Å². The smallest absolute Gasteiger partial charge is 0.304 e. The molecule has 1 rings (SSSR count). The van der Waals surface area contributed by atoms with Gasteiger partial charge in [0.15, 0.2) is 0 Å². The van der Waals surface area contributed by atoms with Gasteiger partial charge < -0.3 is 4.74 Å². The molecule has 0 saturated carbocycles. The molecule has 0 saturated heterocycles. The van der Waals surface area contributed by atoms with E-state index in [1.54, 1.807) is 13.8 Å². The van der Waals surface area contributed by atoms with Crippen LogP contribution in [0.1, 0.15) is 20.8 Å². The lowest BCUT2D eigenvalue weighted by molar-refractivity contribution is -0.153. The Balaban J connectivity index is 2.72. The predicted octanol–water partition coefficient (Wildman–Crippen LogP) is 3.83. The fourth-order valence-corrected chi connectivity index (χ4v) is 1.32. The summed E-state index contributed by atoms with van der Waals surface area (Å²) < 4.78 is 5.95. The number of ether oxygens (including phenoxy) is 1. The van der Waals surface area contributed by atoms with Crippen LogP contribution in [-0.2, 0) is 9.53 Å². The molecule has 0 radical (unpaired) electrons. The van der Waals surface area contributed by atoms with Crippen molar-refractivity contribution in [3.8, 4) is 0 Å². The first-order valence-corrected chi connectivity index (χ1v) is 5.56. The number of benzene rings is 1. The summed E-state index contributed by atoms with van der Waals surface area (Å²) in [6.45, 7) is 4.70. The molecule has 5 heteroatoms. The zero-order valence-electron chi connectivity index (χ0n) is 9.40. The summed E-state index contributed by atoms with van der Waals surface area (Å²) in [6, 6.07) is 7.37. The van der Waals surface area contributed by atoms with E-state index in [1.807, 2.05) is 24.3 Å². The predicted molar refractivity (Wildman–Crippen MR) is 64.5 cm³/mol. The number of halogens is 1. The third-order valence-electron chi connectivity index (χ3n) is 1.63. The van der Waals surface area contributed by atoms with Gasteiger partial charge in [0.2, 0.25) is 5.72 Å². The minimum absolute atomic E-state index is 0.375. The van der Waals surface area contributed by atoms with Crippen LogP contribution in [0.2, 0.25) is 0 Å². The molecule has 0 aliphatic rings. The number of nitrogens with zero attached hydrogens (tertiary/aromatic N) is 2. The van der Waals surface area contributed by atoms with Crippen LogP contribution in [0.5, 0.6) is 0 Å². The van der Waals surface area contributed by atoms with Gasteiger partial charge in [0, 0.05) is 11.4 Å². The number of carbonyl (C=O) groups is 1. The van der Waals surface area contributed by atoms with Crippen LogP contribution in [0.15, 0.2) is 39.0 Å². The van der Waals surface area contributed by atoms with Gasteiger partial charge in [-0.3, -0.25) is 4.79 Å². The Kier molecular flexibility index (Phi) is 4.18. The highest BCUT2D eigenvalue weighted by molar-refractivity contribution is 9.10. The van der Waals surface area contributed by atoms with Gasteiger partial charge in [-0.2, -0.15) is 5.11 Å². The molecule has 0 spiro atoms. The van der Waals surface area contributed by atoms with Gasteiger partial charge in [0.1, 0.15) is 0 Å². The standard InChI is InChI=1S/C11H13BrN2O2/c1-8(15)16-11(2,3)14-13-10-6-4-9(12)5-7-10/h4-7H,1-3H3. The van der Waals surface area contributed by atoms with Gasteiger partial charge in [0.25, 0.3) is 0 Å². The molecule has 0 heterocycles. The summed E-state index contributed by atoms with van der Waals surface area (Å²) in [5.74, 6) is -0.375. The first kappa shape index (κ1) is 12.8. The zero-order valence-corrected chi connectivity index (χ0v) is 11.0. The largest absolute Gasteiger partial charge is 0.436 e. The first-order chi connectivity index (χ1) is 7.39. The first-order valence-electron chi connectivity index (χ1n) is 4.77. The number of carbonyl (C=O) groups excluding carboxylic acids is 1. The van der Waals surface area contributed by atoms with Gasteiger partial charge >= 0.3 is 5.97 Å². The molecule has 86 valence electrons.